The minimum absolute atomic E-state index is 0.716. The summed E-state index contributed by atoms with van der Waals surface area (Å²) in [6.07, 6.45) is 17.1. The van der Waals surface area contributed by atoms with Crippen LogP contribution >= 0.6 is 0 Å². The number of hydrogen-bond donors (Lipinski definition) is 0. The van der Waals surface area contributed by atoms with Crippen molar-refractivity contribution in [2.45, 2.75) is 91.4 Å². The summed E-state index contributed by atoms with van der Waals surface area (Å²) in [7, 11) is 0. The molecule has 0 N–H and O–H groups in total. The van der Waals surface area contributed by atoms with Crippen LogP contribution in [0.3, 0.4) is 0 Å². The highest BCUT2D eigenvalue weighted by molar-refractivity contribution is 5.05. The van der Waals surface area contributed by atoms with Crippen molar-refractivity contribution in [3.05, 3.63) is 0 Å². The molecule has 8 atom stereocenters. The van der Waals surface area contributed by atoms with Gasteiger partial charge in [0.25, 0.3) is 0 Å². The molecule has 0 radical (unpaired) electrons. The Morgan fingerprint density at radius 3 is 2.50 bits per heavy atom. The Morgan fingerprint density at radius 2 is 1.68 bits per heavy atom. The summed E-state index contributed by atoms with van der Waals surface area (Å²) in [5, 5.41) is 0. The zero-order valence-electron chi connectivity index (χ0n) is 15.3. The fraction of sp³-hybridized carbons (Fsp3) is 1.00. The second-order valence-electron chi connectivity index (χ2n) is 9.93. The Kier molecular flexibility index (Phi) is 4.10. The Balaban J connectivity index is 1.49. The van der Waals surface area contributed by atoms with Crippen LogP contribution in [-0.4, -0.2) is 0 Å². The number of rotatable bonds is 2. The van der Waals surface area contributed by atoms with Crippen molar-refractivity contribution in [2.75, 3.05) is 0 Å². The highest BCUT2D eigenvalue weighted by Crippen LogP contribution is 2.64. The van der Waals surface area contributed by atoms with Crippen LogP contribution in [0, 0.1) is 46.8 Å². The van der Waals surface area contributed by atoms with Gasteiger partial charge in [-0.15, -0.1) is 0 Å². The van der Waals surface area contributed by atoms with Crippen LogP contribution in [0.1, 0.15) is 91.4 Å². The fourth-order valence-corrected chi connectivity index (χ4v) is 7.88. The maximum atomic E-state index is 2.66. The summed E-state index contributed by atoms with van der Waals surface area (Å²) in [5.74, 6) is 7.68. The van der Waals surface area contributed by atoms with E-state index in [0.29, 0.717) is 5.41 Å². The molecule has 0 amide bonds. The Labute approximate surface area is 138 Å². The Hall–Kier alpha value is 0. The van der Waals surface area contributed by atoms with Crippen molar-refractivity contribution in [3.63, 3.8) is 0 Å². The topological polar surface area (TPSA) is 0 Å². The van der Waals surface area contributed by atoms with E-state index in [1.807, 2.05) is 0 Å². The van der Waals surface area contributed by atoms with Gasteiger partial charge in [-0.3, -0.25) is 0 Å². The van der Waals surface area contributed by atoms with Crippen LogP contribution in [0.2, 0.25) is 0 Å². The maximum Gasteiger partial charge on any atom is -0.0269 e. The third-order valence-electron chi connectivity index (χ3n) is 9.23. The average molecular weight is 303 g/mol. The summed E-state index contributed by atoms with van der Waals surface area (Å²) >= 11 is 0. The molecule has 4 rings (SSSR count). The minimum atomic E-state index is 0.716. The van der Waals surface area contributed by atoms with Crippen LogP contribution in [0.25, 0.3) is 0 Å². The molecule has 0 spiro atoms. The summed E-state index contributed by atoms with van der Waals surface area (Å²) < 4.78 is 0. The zero-order chi connectivity index (χ0) is 15.3. The monoisotopic (exact) mass is 302 g/mol. The van der Waals surface area contributed by atoms with E-state index in [1.165, 1.54) is 19.3 Å². The van der Waals surface area contributed by atoms with E-state index in [-0.39, 0.29) is 0 Å². The zero-order valence-corrected chi connectivity index (χ0v) is 15.3. The Morgan fingerprint density at radius 1 is 0.864 bits per heavy atom. The van der Waals surface area contributed by atoms with Crippen LogP contribution in [0.5, 0.6) is 0 Å². The van der Waals surface area contributed by atoms with Crippen LogP contribution in [0.15, 0.2) is 0 Å². The van der Waals surface area contributed by atoms with E-state index in [9.17, 15) is 0 Å². The summed E-state index contributed by atoms with van der Waals surface area (Å²) in [5.41, 5.74) is 0.716. The highest BCUT2D eigenvalue weighted by atomic mass is 14.6. The fourth-order valence-electron chi connectivity index (χ4n) is 7.88. The van der Waals surface area contributed by atoms with Gasteiger partial charge in [-0.25, -0.2) is 0 Å². The molecule has 22 heavy (non-hydrogen) atoms. The van der Waals surface area contributed by atoms with Gasteiger partial charge in [-0.2, -0.15) is 0 Å². The SMILES string of the molecule is CCCC1CCC2C(CCC3C2CCC2(C)C(C)CCC32)C1. The lowest BCUT2D eigenvalue weighted by molar-refractivity contribution is -0.0665. The predicted octanol–water partition coefficient (Wildman–Crippen LogP) is 6.69. The van der Waals surface area contributed by atoms with Crippen molar-refractivity contribution in [3.8, 4) is 0 Å². The lowest BCUT2D eigenvalue weighted by Crippen LogP contribution is -2.48. The summed E-state index contributed by atoms with van der Waals surface area (Å²) in [4.78, 5) is 0. The van der Waals surface area contributed by atoms with Crippen molar-refractivity contribution < 1.29 is 0 Å². The average Bonchev–Trinajstić information content (AvgIpc) is 2.83. The van der Waals surface area contributed by atoms with Gasteiger partial charge in [0.1, 0.15) is 0 Å². The van der Waals surface area contributed by atoms with E-state index in [2.05, 4.69) is 20.8 Å². The van der Waals surface area contributed by atoms with Gasteiger partial charge in [0.05, 0.1) is 0 Å². The lowest BCUT2D eigenvalue weighted by atomic mass is 9.49. The van der Waals surface area contributed by atoms with Gasteiger partial charge in [0.2, 0.25) is 0 Å². The maximum absolute atomic E-state index is 2.66. The van der Waals surface area contributed by atoms with Crippen molar-refractivity contribution in [2.24, 2.45) is 46.8 Å². The molecule has 8 unspecified atom stereocenters. The normalized spacial score (nSPS) is 54.4. The number of hydrogen-bond acceptors (Lipinski definition) is 0. The molecule has 4 aliphatic carbocycles. The van der Waals surface area contributed by atoms with Gasteiger partial charge >= 0.3 is 0 Å². The van der Waals surface area contributed by atoms with Gasteiger partial charge in [-0.05, 0) is 98.2 Å². The predicted molar refractivity (Wildman–Crippen MR) is 94.7 cm³/mol. The minimum Gasteiger partial charge on any atom is -0.0654 e. The molecule has 4 fully saturated rings. The van der Waals surface area contributed by atoms with Gasteiger partial charge < -0.3 is 0 Å². The molecule has 0 aromatic rings. The van der Waals surface area contributed by atoms with E-state index in [4.69, 9.17) is 0 Å². The lowest BCUT2D eigenvalue weighted by Gasteiger charge is -2.56. The first-order valence-corrected chi connectivity index (χ1v) is 10.6. The van der Waals surface area contributed by atoms with Crippen LogP contribution < -0.4 is 0 Å². The molecule has 4 saturated carbocycles. The Bertz CT molecular complexity index is 399. The van der Waals surface area contributed by atoms with Crippen molar-refractivity contribution >= 4 is 0 Å². The first-order valence-electron chi connectivity index (χ1n) is 10.6. The smallest absolute Gasteiger partial charge is 0.0269 e. The molecule has 4 aliphatic rings. The quantitative estimate of drug-likeness (QED) is 0.533. The first-order chi connectivity index (χ1) is 10.6. The molecular formula is C22H38. The van der Waals surface area contributed by atoms with E-state index >= 15 is 0 Å². The van der Waals surface area contributed by atoms with Crippen molar-refractivity contribution in [1.82, 2.24) is 0 Å². The molecule has 0 aliphatic heterocycles. The molecule has 0 aromatic carbocycles. The molecule has 0 nitrogen and oxygen atoms in total. The van der Waals surface area contributed by atoms with Gasteiger partial charge in [0, 0.05) is 0 Å². The summed E-state index contributed by atoms with van der Waals surface area (Å²) in [6.45, 7) is 7.60. The molecule has 0 bridgehead atoms. The van der Waals surface area contributed by atoms with Gasteiger partial charge in [-0.1, -0.05) is 40.0 Å². The van der Waals surface area contributed by atoms with Crippen LogP contribution in [0.4, 0.5) is 0 Å². The third kappa shape index (κ3) is 2.30. The molecule has 0 heteroatoms. The second-order valence-corrected chi connectivity index (χ2v) is 9.93. The molecular weight excluding hydrogens is 264 g/mol. The molecule has 0 heterocycles. The van der Waals surface area contributed by atoms with E-state index < -0.39 is 0 Å². The van der Waals surface area contributed by atoms with Crippen molar-refractivity contribution in [1.29, 1.82) is 0 Å². The third-order valence-corrected chi connectivity index (χ3v) is 9.23. The largest absolute Gasteiger partial charge is 0.0654 e. The number of fused-ring (bicyclic) bond motifs is 5. The van der Waals surface area contributed by atoms with E-state index in [0.717, 1.165) is 41.4 Å². The molecule has 0 aromatic heterocycles. The van der Waals surface area contributed by atoms with E-state index in [1.54, 1.807) is 51.4 Å². The summed E-state index contributed by atoms with van der Waals surface area (Å²) in [6, 6.07) is 0. The second kappa shape index (κ2) is 5.82. The van der Waals surface area contributed by atoms with Gasteiger partial charge in [0.15, 0.2) is 0 Å². The first kappa shape index (κ1) is 15.5. The molecule has 126 valence electrons. The highest BCUT2D eigenvalue weighted by Gasteiger charge is 2.55. The molecule has 0 saturated heterocycles. The standard InChI is InChI=1S/C22H38/c1-4-5-16-7-9-18-17(14-16)8-10-20-19(18)12-13-22(3)15(2)6-11-21(20)22/h15-21H,4-14H2,1-3H3. The van der Waals surface area contributed by atoms with Crippen LogP contribution in [-0.2, 0) is 0 Å².